The van der Waals surface area contributed by atoms with Crippen LogP contribution in [0.25, 0.3) is 21.3 Å². The van der Waals surface area contributed by atoms with Crippen molar-refractivity contribution < 1.29 is 33.8 Å². The molecule has 1 unspecified atom stereocenters. The first-order valence-electron chi connectivity index (χ1n) is 25.2. The lowest BCUT2D eigenvalue weighted by Crippen LogP contribution is -2.48. The zero-order chi connectivity index (χ0) is 50.8. The summed E-state index contributed by atoms with van der Waals surface area (Å²) in [5, 5.41) is 28.3. The van der Waals surface area contributed by atoms with Gasteiger partial charge < -0.3 is 35.3 Å². The van der Waals surface area contributed by atoms with E-state index in [0.717, 1.165) is 75.9 Å². The Morgan fingerprint density at radius 3 is 2.40 bits per heavy atom. The molecule has 17 heteroatoms. The number of piperidine rings is 1. The van der Waals surface area contributed by atoms with Crippen LogP contribution in [0.3, 0.4) is 0 Å². The molecule has 16 nitrogen and oxygen atoms in total. The SMILES string of the molecule is CNc1cc(N2CCN(C(=O)CC[C@H]3CC[C@@H](Oc4cccc(-c5ccc(N6CCc7cccc(C(=O)Nc8nc9ccccc9s8)c7C6)nc5C(=O)O)c4C)CC3)CC2)ccc1C(=N)C1CCC(=O)NC1=O. The first kappa shape index (κ1) is 48.9. The maximum atomic E-state index is 13.7. The minimum atomic E-state index is -1.13. The van der Waals surface area contributed by atoms with Crippen molar-refractivity contribution in [1.82, 2.24) is 20.2 Å². The summed E-state index contributed by atoms with van der Waals surface area (Å²) in [5.74, 6) is -0.928. The molecular formula is C56H59N9O7S. The van der Waals surface area contributed by atoms with Gasteiger partial charge in [0.1, 0.15) is 11.6 Å². The number of hydrogen-bond donors (Lipinski definition) is 5. The van der Waals surface area contributed by atoms with E-state index < -0.39 is 17.8 Å². The highest BCUT2D eigenvalue weighted by Gasteiger charge is 2.33. The van der Waals surface area contributed by atoms with E-state index in [0.29, 0.717) is 97.8 Å². The van der Waals surface area contributed by atoms with Crippen LogP contribution in [0.1, 0.15) is 94.5 Å². The van der Waals surface area contributed by atoms with Gasteiger partial charge in [0.15, 0.2) is 10.8 Å². The number of aromatic carboxylic acids is 1. The lowest BCUT2D eigenvalue weighted by Gasteiger charge is -2.37. The zero-order valence-electron chi connectivity index (χ0n) is 41.0. The monoisotopic (exact) mass is 1000 g/mol. The van der Waals surface area contributed by atoms with Gasteiger partial charge in [-0.05, 0) is 135 Å². The van der Waals surface area contributed by atoms with Crippen LogP contribution in [0, 0.1) is 24.2 Å². The quantitative estimate of drug-likeness (QED) is 0.0513. The Morgan fingerprint density at radius 2 is 1.63 bits per heavy atom. The molecule has 2 saturated heterocycles. The number of ether oxygens (including phenoxy) is 1. The Morgan fingerprint density at radius 1 is 0.836 bits per heavy atom. The number of carboxylic acid groups (broad SMARTS) is 1. The molecule has 0 spiro atoms. The molecule has 73 heavy (non-hydrogen) atoms. The number of amides is 4. The van der Waals surface area contributed by atoms with Gasteiger partial charge in [0.05, 0.1) is 28.0 Å². The van der Waals surface area contributed by atoms with Crippen LogP contribution in [0.4, 0.5) is 22.3 Å². The summed E-state index contributed by atoms with van der Waals surface area (Å²) in [7, 11) is 1.79. The van der Waals surface area contributed by atoms with Crippen LogP contribution >= 0.6 is 11.3 Å². The van der Waals surface area contributed by atoms with E-state index in [1.54, 1.807) is 7.05 Å². The number of rotatable bonds is 14. The number of anilines is 4. The van der Waals surface area contributed by atoms with E-state index in [1.807, 2.05) is 108 Å². The molecule has 4 aromatic carbocycles. The third-order valence-electron chi connectivity index (χ3n) is 15.0. The van der Waals surface area contributed by atoms with Crippen LogP contribution < -0.4 is 30.5 Å². The van der Waals surface area contributed by atoms with Crippen LogP contribution in [0.2, 0.25) is 0 Å². The highest BCUT2D eigenvalue weighted by atomic mass is 32.1. The van der Waals surface area contributed by atoms with Gasteiger partial charge in [-0.25, -0.2) is 14.8 Å². The molecule has 1 atom stereocenters. The first-order valence-corrected chi connectivity index (χ1v) is 26.0. The van der Waals surface area contributed by atoms with Crippen molar-refractivity contribution in [3.63, 3.8) is 0 Å². The number of pyridine rings is 1. The van der Waals surface area contributed by atoms with Gasteiger partial charge >= 0.3 is 5.97 Å². The number of benzene rings is 4. The smallest absolute Gasteiger partial charge is 0.355 e. The number of carboxylic acids is 1. The van der Waals surface area contributed by atoms with Crippen LogP contribution in [0.5, 0.6) is 5.75 Å². The van der Waals surface area contributed by atoms with Gasteiger partial charge in [-0.15, -0.1) is 0 Å². The lowest BCUT2D eigenvalue weighted by molar-refractivity contribution is -0.135. The molecule has 2 aromatic heterocycles. The predicted octanol–water partition coefficient (Wildman–Crippen LogP) is 8.71. The molecule has 1 saturated carbocycles. The normalized spacial score (nSPS) is 19.0. The number of hydrogen-bond acceptors (Lipinski definition) is 13. The summed E-state index contributed by atoms with van der Waals surface area (Å²) in [6.07, 6.45) is 6.20. The number of imide groups is 1. The Bertz CT molecular complexity index is 3110. The van der Waals surface area contributed by atoms with Crippen molar-refractivity contribution in [3.8, 4) is 16.9 Å². The van der Waals surface area contributed by atoms with Crippen LogP contribution in [-0.2, 0) is 27.3 Å². The number of carbonyl (C=O) groups excluding carboxylic acids is 4. The van der Waals surface area contributed by atoms with Crippen molar-refractivity contribution >= 4 is 79.2 Å². The molecule has 0 radical (unpaired) electrons. The number of nitrogens with zero attached hydrogens (tertiary/aromatic N) is 5. The first-order chi connectivity index (χ1) is 35.4. The van der Waals surface area contributed by atoms with E-state index in [2.05, 4.69) is 25.8 Å². The molecule has 3 fully saturated rings. The molecule has 10 rings (SSSR count). The molecule has 376 valence electrons. The molecule has 4 amide bonds. The average molecular weight is 1000 g/mol. The number of piperazine rings is 1. The van der Waals surface area contributed by atoms with E-state index in [-0.39, 0.29) is 41.7 Å². The number of thiazole rings is 1. The van der Waals surface area contributed by atoms with Gasteiger partial charge in [0.25, 0.3) is 5.91 Å². The fraction of sp³-hybridized carbons (Fsp3) is 0.357. The van der Waals surface area contributed by atoms with Crippen molar-refractivity contribution in [2.75, 3.05) is 60.2 Å². The maximum Gasteiger partial charge on any atom is 0.355 e. The standard InChI is InChI=1S/C56H59N9O7S/c1-33-38(39-20-22-48(60-52(39)55(70)71)65-26-25-35-7-5-9-40(43(35)32-65)53(68)62-56-59-44-10-3-4-12-47(44)73-56)8-6-11-46(33)72-37-17-13-34(14-18-37)15-24-50(67)64-29-27-63(28-30-64)36-16-19-41(45(31-36)58-2)51(57)42-21-23-49(66)61-54(42)69/h3-12,16,19-20,22,31,34,37,42,57-58H,13-15,17-18,21,23-30,32H2,1-2H3,(H,70,71)(H,59,62,68)(H,61,66,69)/t34-,37+,42?. The van der Waals surface area contributed by atoms with E-state index in [9.17, 15) is 29.1 Å². The minimum Gasteiger partial charge on any atom is -0.490 e. The third-order valence-corrected chi connectivity index (χ3v) is 16.0. The van der Waals surface area contributed by atoms with Crippen molar-refractivity contribution in [2.24, 2.45) is 11.8 Å². The van der Waals surface area contributed by atoms with Crippen LogP contribution in [0.15, 0.2) is 91.0 Å². The Kier molecular flexibility index (Phi) is 14.2. The van der Waals surface area contributed by atoms with E-state index in [1.165, 1.54) is 11.3 Å². The van der Waals surface area contributed by atoms with Gasteiger partial charge in [0.2, 0.25) is 17.7 Å². The van der Waals surface area contributed by atoms with Gasteiger partial charge in [-0.2, -0.15) is 0 Å². The molecule has 3 aliphatic heterocycles. The van der Waals surface area contributed by atoms with Gasteiger partial charge in [-0.3, -0.25) is 29.8 Å². The largest absolute Gasteiger partial charge is 0.490 e. The Hall–Kier alpha value is -7.66. The number of carbonyl (C=O) groups is 5. The fourth-order valence-corrected chi connectivity index (χ4v) is 11.7. The van der Waals surface area contributed by atoms with Crippen molar-refractivity contribution in [3.05, 3.63) is 125 Å². The van der Waals surface area contributed by atoms with Gasteiger partial charge in [0, 0.05) is 87.2 Å². The molecule has 4 aliphatic rings. The molecule has 6 aromatic rings. The van der Waals surface area contributed by atoms with E-state index in [4.69, 9.17) is 15.1 Å². The average Bonchev–Trinajstić information content (AvgIpc) is 3.82. The second-order valence-corrected chi connectivity index (χ2v) is 20.5. The van der Waals surface area contributed by atoms with Crippen molar-refractivity contribution in [1.29, 1.82) is 5.41 Å². The molecule has 0 bridgehead atoms. The van der Waals surface area contributed by atoms with Gasteiger partial charge in [-0.1, -0.05) is 47.7 Å². The predicted molar refractivity (Wildman–Crippen MR) is 283 cm³/mol. The lowest BCUT2D eigenvalue weighted by atomic mass is 9.84. The summed E-state index contributed by atoms with van der Waals surface area (Å²) in [6, 6.07) is 28.7. The maximum absolute atomic E-state index is 13.7. The number of para-hydroxylation sites is 1. The minimum absolute atomic E-state index is 0.00379. The number of aromatic nitrogens is 2. The fourth-order valence-electron chi connectivity index (χ4n) is 10.9. The second kappa shape index (κ2) is 21.2. The summed E-state index contributed by atoms with van der Waals surface area (Å²) in [4.78, 5) is 79.7. The molecular weight excluding hydrogens is 943 g/mol. The number of nitrogens with one attached hydrogen (secondary N) is 4. The highest BCUT2D eigenvalue weighted by Crippen LogP contribution is 2.38. The number of fused-ring (bicyclic) bond motifs is 2. The highest BCUT2D eigenvalue weighted by molar-refractivity contribution is 7.22. The Balaban J connectivity index is 0.712. The Labute approximate surface area is 427 Å². The summed E-state index contributed by atoms with van der Waals surface area (Å²) >= 11 is 1.43. The summed E-state index contributed by atoms with van der Waals surface area (Å²) < 4.78 is 7.62. The van der Waals surface area contributed by atoms with Crippen molar-refractivity contribution in [2.45, 2.75) is 77.4 Å². The molecule has 1 aliphatic carbocycles. The van der Waals surface area contributed by atoms with E-state index >= 15 is 0 Å². The summed E-state index contributed by atoms with van der Waals surface area (Å²) in [5.41, 5.74) is 7.91. The second-order valence-electron chi connectivity index (χ2n) is 19.4. The molecule has 5 heterocycles. The summed E-state index contributed by atoms with van der Waals surface area (Å²) in [6.45, 7) is 5.58. The zero-order valence-corrected chi connectivity index (χ0v) is 41.9. The molecule has 5 N–H and O–H groups in total. The third kappa shape index (κ3) is 10.5. The topological polar surface area (TPSA) is 210 Å². The van der Waals surface area contributed by atoms with Crippen LogP contribution in [-0.4, -0.2) is 101 Å².